The highest BCUT2D eigenvalue weighted by atomic mass is 32.1. The van der Waals surface area contributed by atoms with Gasteiger partial charge in [-0.1, -0.05) is 12.1 Å². The van der Waals surface area contributed by atoms with Crippen LogP contribution in [0.2, 0.25) is 0 Å². The van der Waals surface area contributed by atoms with Crippen LogP contribution in [0.1, 0.15) is 18.4 Å². The Bertz CT molecular complexity index is 721. The number of aromatic nitrogens is 1. The van der Waals surface area contributed by atoms with Crippen molar-refractivity contribution >= 4 is 28.3 Å². The summed E-state index contributed by atoms with van der Waals surface area (Å²) in [7, 11) is 0. The van der Waals surface area contributed by atoms with Crippen molar-refractivity contribution in [3.8, 4) is 0 Å². The SMILES string of the molecule is O=C(COC(=O)[C@H]1CCCN1c1nccs1)NCc1ccc(F)cc1. The molecule has 0 bridgehead atoms. The highest BCUT2D eigenvalue weighted by Crippen LogP contribution is 2.27. The van der Waals surface area contributed by atoms with Gasteiger partial charge < -0.3 is 15.0 Å². The first-order chi connectivity index (χ1) is 12.1. The van der Waals surface area contributed by atoms with E-state index in [9.17, 15) is 14.0 Å². The van der Waals surface area contributed by atoms with Crippen molar-refractivity contribution in [2.24, 2.45) is 0 Å². The molecule has 8 heteroatoms. The zero-order chi connectivity index (χ0) is 17.6. The lowest BCUT2D eigenvalue weighted by molar-refractivity contribution is -0.149. The number of rotatable bonds is 6. The molecule has 6 nitrogen and oxygen atoms in total. The largest absolute Gasteiger partial charge is 0.454 e. The van der Waals surface area contributed by atoms with Crippen molar-refractivity contribution in [1.29, 1.82) is 0 Å². The molecular weight excluding hydrogens is 345 g/mol. The third-order valence-electron chi connectivity index (χ3n) is 3.94. The number of amides is 1. The van der Waals surface area contributed by atoms with E-state index in [0.717, 1.165) is 23.7 Å². The third kappa shape index (κ3) is 4.54. The van der Waals surface area contributed by atoms with E-state index in [-0.39, 0.29) is 19.0 Å². The highest BCUT2D eigenvalue weighted by molar-refractivity contribution is 7.13. The van der Waals surface area contributed by atoms with E-state index >= 15 is 0 Å². The zero-order valence-electron chi connectivity index (χ0n) is 13.5. The normalized spacial score (nSPS) is 16.7. The van der Waals surface area contributed by atoms with Gasteiger partial charge in [0.1, 0.15) is 11.9 Å². The molecule has 132 valence electrons. The minimum atomic E-state index is -0.412. The Morgan fingerprint density at radius 1 is 1.36 bits per heavy atom. The second kappa shape index (κ2) is 8.06. The minimum absolute atomic E-state index is 0.255. The summed E-state index contributed by atoms with van der Waals surface area (Å²) in [6.07, 6.45) is 3.27. The number of carbonyl (C=O) groups excluding carboxylic acids is 2. The number of thiazole rings is 1. The minimum Gasteiger partial charge on any atom is -0.454 e. The lowest BCUT2D eigenvalue weighted by Gasteiger charge is -2.22. The molecule has 1 aliphatic rings. The molecule has 0 spiro atoms. The Hall–Kier alpha value is -2.48. The van der Waals surface area contributed by atoms with Crippen LogP contribution in [0, 0.1) is 5.82 Å². The molecule has 25 heavy (non-hydrogen) atoms. The van der Waals surface area contributed by atoms with E-state index in [2.05, 4.69) is 10.3 Å². The smallest absolute Gasteiger partial charge is 0.329 e. The van der Waals surface area contributed by atoms with Crippen molar-refractivity contribution < 1.29 is 18.7 Å². The number of hydrogen-bond donors (Lipinski definition) is 1. The third-order valence-corrected chi connectivity index (χ3v) is 4.75. The Kier molecular flexibility index (Phi) is 5.60. The van der Waals surface area contributed by atoms with E-state index < -0.39 is 17.9 Å². The van der Waals surface area contributed by atoms with Crippen molar-refractivity contribution in [2.75, 3.05) is 18.1 Å². The van der Waals surface area contributed by atoms with Crippen molar-refractivity contribution in [3.63, 3.8) is 0 Å². The molecule has 0 unspecified atom stereocenters. The van der Waals surface area contributed by atoms with Gasteiger partial charge in [-0.05, 0) is 30.5 Å². The van der Waals surface area contributed by atoms with Gasteiger partial charge in [0.05, 0.1) is 0 Å². The van der Waals surface area contributed by atoms with Crippen LogP contribution in [-0.4, -0.2) is 36.1 Å². The van der Waals surface area contributed by atoms with Crippen LogP contribution in [0.15, 0.2) is 35.8 Å². The molecule has 1 saturated heterocycles. The Morgan fingerprint density at radius 2 is 2.16 bits per heavy atom. The van der Waals surface area contributed by atoms with E-state index in [4.69, 9.17) is 4.74 Å². The first-order valence-electron chi connectivity index (χ1n) is 7.97. The average molecular weight is 363 g/mol. The van der Waals surface area contributed by atoms with Crippen LogP contribution in [0.5, 0.6) is 0 Å². The molecule has 3 rings (SSSR count). The maximum atomic E-state index is 12.8. The van der Waals surface area contributed by atoms with Gasteiger partial charge in [0.25, 0.3) is 5.91 Å². The van der Waals surface area contributed by atoms with Gasteiger partial charge in [-0.25, -0.2) is 14.2 Å². The second-order valence-corrected chi connectivity index (χ2v) is 6.55. The molecule has 1 aromatic heterocycles. The van der Waals surface area contributed by atoms with E-state index in [1.54, 1.807) is 18.3 Å². The van der Waals surface area contributed by atoms with Gasteiger partial charge in [-0.2, -0.15) is 0 Å². The molecule has 1 aliphatic heterocycles. The maximum Gasteiger partial charge on any atom is 0.329 e. The summed E-state index contributed by atoms with van der Waals surface area (Å²) in [5.74, 6) is -1.13. The van der Waals surface area contributed by atoms with Gasteiger partial charge in [0.15, 0.2) is 11.7 Å². The summed E-state index contributed by atoms with van der Waals surface area (Å²) in [5.41, 5.74) is 0.770. The number of anilines is 1. The second-order valence-electron chi connectivity index (χ2n) is 5.68. The number of nitrogens with zero attached hydrogens (tertiary/aromatic N) is 2. The Labute approximate surface area is 148 Å². The predicted molar refractivity (Wildman–Crippen MR) is 91.7 cm³/mol. The van der Waals surface area contributed by atoms with Crippen LogP contribution >= 0.6 is 11.3 Å². The number of halogens is 1. The summed E-state index contributed by atoms with van der Waals surface area (Å²) >= 11 is 1.47. The quantitative estimate of drug-likeness (QED) is 0.796. The molecule has 0 radical (unpaired) electrons. The molecule has 1 amide bonds. The van der Waals surface area contributed by atoms with Crippen LogP contribution < -0.4 is 10.2 Å². The molecule has 1 fully saturated rings. The van der Waals surface area contributed by atoms with Gasteiger partial charge in [-0.15, -0.1) is 11.3 Å². The summed E-state index contributed by atoms with van der Waals surface area (Å²) in [4.78, 5) is 30.2. The summed E-state index contributed by atoms with van der Waals surface area (Å²) in [5, 5.41) is 5.29. The molecule has 2 heterocycles. The lowest BCUT2D eigenvalue weighted by Crippen LogP contribution is -2.39. The molecule has 0 aliphatic carbocycles. The molecule has 1 aromatic carbocycles. The number of benzene rings is 1. The Balaban J connectivity index is 1.45. The van der Waals surface area contributed by atoms with E-state index in [0.29, 0.717) is 6.42 Å². The van der Waals surface area contributed by atoms with E-state index in [1.807, 2.05) is 10.3 Å². The standard InChI is InChI=1S/C17H18FN3O3S/c18-13-5-3-12(4-6-13)10-20-15(22)11-24-16(23)14-2-1-8-21(14)17-19-7-9-25-17/h3-7,9,14H,1-2,8,10-11H2,(H,20,22)/t14-/m1/s1. The van der Waals surface area contributed by atoms with Crippen LogP contribution in [0.4, 0.5) is 9.52 Å². The molecule has 1 N–H and O–H groups in total. The fourth-order valence-corrected chi connectivity index (χ4v) is 3.40. The Morgan fingerprint density at radius 3 is 2.88 bits per heavy atom. The van der Waals surface area contributed by atoms with Crippen molar-refractivity contribution in [3.05, 3.63) is 47.2 Å². The highest BCUT2D eigenvalue weighted by Gasteiger charge is 2.33. The lowest BCUT2D eigenvalue weighted by atomic mass is 10.2. The summed E-state index contributed by atoms with van der Waals surface area (Å²) in [6.45, 7) is 0.678. The van der Waals surface area contributed by atoms with Crippen molar-refractivity contribution in [1.82, 2.24) is 10.3 Å². The molecule has 1 atom stereocenters. The number of carbonyl (C=O) groups is 2. The zero-order valence-corrected chi connectivity index (χ0v) is 14.3. The fraction of sp³-hybridized carbons (Fsp3) is 0.353. The number of hydrogen-bond acceptors (Lipinski definition) is 6. The number of esters is 1. The molecular formula is C17H18FN3O3S. The molecule has 2 aromatic rings. The summed E-state index contributed by atoms with van der Waals surface area (Å²) < 4.78 is 18.0. The van der Waals surface area contributed by atoms with Gasteiger partial charge in [0.2, 0.25) is 0 Å². The average Bonchev–Trinajstić information content (AvgIpc) is 3.29. The van der Waals surface area contributed by atoms with Gasteiger partial charge in [-0.3, -0.25) is 4.79 Å². The van der Waals surface area contributed by atoms with Crippen LogP contribution in [0.3, 0.4) is 0 Å². The number of nitrogens with one attached hydrogen (secondary N) is 1. The number of ether oxygens (including phenoxy) is 1. The first-order valence-corrected chi connectivity index (χ1v) is 8.85. The van der Waals surface area contributed by atoms with Crippen LogP contribution in [-0.2, 0) is 20.9 Å². The summed E-state index contributed by atoms with van der Waals surface area (Å²) in [6, 6.07) is 5.44. The molecule has 0 saturated carbocycles. The van der Waals surface area contributed by atoms with Gasteiger partial charge >= 0.3 is 5.97 Å². The van der Waals surface area contributed by atoms with Gasteiger partial charge in [0, 0.05) is 24.7 Å². The van der Waals surface area contributed by atoms with E-state index in [1.165, 1.54) is 23.5 Å². The van der Waals surface area contributed by atoms with Crippen molar-refractivity contribution in [2.45, 2.75) is 25.4 Å². The topological polar surface area (TPSA) is 71.5 Å². The maximum absolute atomic E-state index is 12.8. The van der Waals surface area contributed by atoms with Crippen LogP contribution in [0.25, 0.3) is 0 Å². The predicted octanol–water partition coefficient (Wildman–Crippen LogP) is 2.11. The monoisotopic (exact) mass is 363 g/mol. The fourth-order valence-electron chi connectivity index (χ4n) is 2.69. The first kappa shape index (κ1) is 17.3.